The zero-order valence-electron chi connectivity index (χ0n) is 10.1. The summed E-state index contributed by atoms with van der Waals surface area (Å²) in [5.41, 5.74) is 7.77. The predicted octanol–water partition coefficient (Wildman–Crippen LogP) is 2.74. The lowest BCUT2D eigenvalue weighted by atomic mass is 10.00. The van der Waals surface area contributed by atoms with Gasteiger partial charge in [0.05, 0.1) is 0 Å². The molecule has 0 saturated carbocycles. The van der Waals surface area contributed by atoms with E-state index in [2.05, 4.69) is 4.98 Å². The maximum absolute atomic E-state index is 11.9. The number of carbonyl (C=O) groups is 1. The molecule has 1 aromatic heterocycles. The second-order valence-corrected chi connectivity index (χ2v) is 4.22. The van der Waals surface area contributed by atoms with E-state index in [1.807, 2.05) is 30.3 Å². The van der Waals surface area contributed by atoms with E-state index in [9.17, 15) is 4.79 Å². The van der Waals surface area contributed by atoms with Crippen LogP contribution in [0.3, 0.4) is 0 Å². The van der Waals surface area contributed by atoms with Crippen molar-refractivity contribution >= 4 is 5.78 Å². The van der Waals surface area contributed by atoms with Crippen LogP contribution in [0.25, 0.3) is 0 Å². The molecule has 1 atom stereocenters. The number of Topliss-reactive ketones (excluding diaryl/α,β-unsaturated/α-hetero) is 1. The van der Waals surface area contributed by atoms with Crippen molar-refractivity contribution in [1.82, 2.24) is 4.98 Å². The largest absolute Gasteiger partial charge is 0.324 e. The van der Waals surface area contributed by atoms with Crippen LogP contribution in [-0.2, 0) is 0 Å². The van der Waals surface area contributed by atoms with Crippen LogP contribution in [-0.4, -0.2) is 10.8 Å². The molecule has 0 bridgehead atoms. The highest BCUT2D eigenvalue weighted by Crippen LogP contribution is 2.16. The molecule has 0 radical (unpaired) electrons. The number of nitrogens with zero attached hydrogens (tertiary/aromatic N) is 1. The van der Waals surface area contributed by atoms with E-state index in [4.69, 9.17) is 5.73 Å². The number of pyridine rings is 1. The Morgan fingerprint density at radius 3 is 2.61 bits per heavy atom. The van der Waals surface area contributed by atoms with Crippen molar-refractivity contribution in [3.63, 3.8) is 0 Å². The van der Waals surface area contributed by atoms with Crippen molar-refractivity contribution < 1.29 is 4.79 Å². The topological polar surface area (TPSA) is 56.0 Å². The minimum absolute atomic E-state index is 0.0909. The number of carbonyl (C=O) groups excluding carboxylic acids is 1. The molecule has 2 N–H and O–H groups in total. The summed E-state index contributed by atoms with van der Waals surface area (Å²) < 4.78 is 0. The standard InChI is InChI=1S/C15H16N2O/c16-14(12-5-2-1-3-6-12)8-9-15(18)13-7-4-10-17-11-13/h1-7,10-11,14H,8-9,16H2/t14-/m1/s1. The van der Waals surface area contributed by atoms with Crippen LogP contribution < -0.4 is 5.73 Å². The summed E-state index contributed by atoms with van der Waals surface area (Å²) in [5.74, 6) is 0.0921. The Morgan fingerprint density at radius 2 is 1.94 bits per heavy atom. The minimum atomic E-state index is -0.0909. The summed E-state index contributed by atoms with van der Waals surface area (Å²) in [7, 11) is 0. The Hall–Kier alpha value is -2.00. The van der Waals surface area contributed by atoms with Gasteiger partial charge in [0.2, 0.25) is 0 Å². The van der Waals surface area contributed by atoms with E-state index < -0.39 is 0 Å². The predicted molar refractivity (Wildman–Crippen MR) is 71.2 cm³/mol. The van der Waals surface area contributed by atoms with Crippen LogP contribution in [0.2, 0.25) is 0 Å². The molecule has 0 aliphatic heterocycles. The third-order valence-corrected chi connectivity index (χ3v) is 2.89. The van der Waals surface area contributed by atoms with Gasteiger partial charge >= 0.3 is 0 Å². The zero-order valence-corrected chi connectivity index (χ0v) is 10.1. The van der Waals surface area contributed by atoms with Crippen molar-refractivity contribution in [2.24, 2.45) is 5.73 Å². The molecule has 18 heavy (non-hydrogen) atoms. The van der Waals surface area contributed by atoms with Gasteiger partial charge in [-0.2, -0.15) is 0 Å². The Morgan fingerprint density at radius 1 is 1.17 bits per heavy atom. The first-order valence-corrected chi connectivity index (χ1v) is 6.01. The summed E-state index contributed by atoms with van der Waals surface area (Å²) in [6, 6.07) is 13.3. The maximum Gasteiger partial charge on any atom is 0.164 e. The van der Waals surface area contributed by atoms with Gasteiger partial charge in [-0.05, 0) is 24.1 Å². The first-order valence-electron chi connectivity index (χ1n) is 6.01. The van der Waals surface area contributed by atoms with Gasteiger partial charge in [0, 0.05) is 30.4 Å². The molecule has 0 unspecified atom stereocenters. The SMILES string of the molecule is N[C@H](CCC(=O)c1cccnc1)c1ccccc1. The van der Waals surface area contributed by atoms with E-state index in [-0.39, 0.29) is 11.8 Å². The van der Waals surface area contributed by atoms with Crippen LogP contribution in [0.4, 0.5) is 0 Å². The van der Waals surface area contributed by atoms with E-state index in [0.29, 0.717) is 18.4 Å². The molecule has 3 nitrogen and oxygen atoms in total. The lowest BCUT2D eigenvalue weighted by Gasteiger charge is -2.11. The van der Waals surface area contributed by atoms with E-state index in [1.54, 1.807) is 24.5 Å². The monoisotopic (exact) mass is 240 g/mol. The van der Waals surface area contributed by atoms with Crippen LogP contribution in [0.1, 0.15) is 34.8 Å². The average Bonchev–Trinajstić information content (AvgIpc) is 2.46. The first-order chi connectivity index (χ1) is 8.77. The van der Waals surface area contributed by atoms with Gasteiger partial charge in [-0.3, -0.25) is 9.78 Å². The van der Waals surface area contributed by atoms with Crippen LogP contribution in [0, 0.1) is 0 Å². The smallest absolute Gasteiger partial charge is 0.164 e. The fourth-order valence-corrected chi connectivity index (χ4v) is 1.83. The number of ketones is 1. The van der Waals surface area contributed by atoms with Crippen LogP contribution in [0.5, 0.6) is 0 Å². The lowest BCUT2D eigenvalue weighted by Crippen LogP contribution is -2.12. The van der Waals surface area contributed by atoms with Gasteiger partial charge < -0.3 is 5.73 Å². The summed E-state index contributed by atoms with van der Waals surface area (Å²) in [4.78, 5) is 15.8. The number of hydrogen-bond donors (Lipinski definition) is 1. The highest BCUT2D eigenvalue weighted by molar-refractivity contribution is 5.95. The maximum atomic E-state index is 11.9. The number of nitrogens with two attached hydrogens (primary N) is 1. The number of benzene rings is 1. The van der Waals surface area contributed by atoms with E-state index >= 15 is 0 Å². The number of rotatable bonds is 5. The van der Waals surface area contributed by atoms with Crippen molar-refractivity contribution in [3.8, 4) is 0 Å². The van der Waals surface area contributed by atoms with Gasteiger partial charge in [0.15, 0.2) is 5.78 Å². The molecule has 1 heterocycles. The van der Waals surface area contributed by atoms with Gasteiger partial charge in [0.1, 0.15) is 0 Å². The molecule has 0 aliphatic carbocycles. The average molecular weight is 240 g/mol. The quantitative estimate of drug-likeness (QED) is 0.817. The Bertz CT molecular complexity index is 496. The van der Waals surface area contributed by atoms with E-state index in [0.717, 1.165) is 5.56 Å². The van der Waals surface area contributed by atoms with Crippen molar-refractivity contribution in [1.29, 1.82) is 0 Å². The molecule has 2 aromatic rings. The Balaban J connectivity index is 1.91. The molecule has 0 saturated heterocycles. The highest BCUT2D eigenvalue weighted by Gasteiger charge is 2.10. The second-order valence-electron chi connectivity index (χ2n) is 4.22. The Kier molecular flexibility index (Phi) is 4.20. The van der Waals surface area contributed by atoms with Gasteiger partial charge in [-0.25, -0.2) is 0 Å². The second kappa shape index (κ2) is 6.07. The molecule has 2 rings (SSSR count). The molecule has 0 aliphatic rings. The van der Waals surface area contributed by atoms with Crippen LogP contribution >= 0.6 is 0 Å². The minimum Gasteiger partial charge on any atom is -0.324 e. The summed E-state index contributed by atoms with van der Waals surface area (Å²) >= 11 is 0. The van der Waals surface area contributed by atoms with Crippen molar-refractivity contribution in [2.75, 3.05) is 0 Å². The fourth-order valence-electron chi connectivity index (χ4n) is 1.83. The highest BCUT2D eigenvalue weighted by atomic mass is 16.1. The molecule has 1 aromatic carbocycles. The molecule has 92 valence electrons. The van der Waals surface area contributed by atoms with Gasteiger partial charge in [-0.1, -0.05) is 30.3 Å². The molecule has 0 amide bonds. The zero-order chi connectivity index (χ0) is 12.8. The summed E-state index contributed by atoms with van der Waals surface area (Å²) in [5, 5.41) is 0. The Labute approximate surface area is 107 Å². The van der Waals surface area contributed by atoms with E-state index in [1.165, 1.54) is 0 Å². The van der Waals surface area contributed by atoms with Gasteiger partial charge in [0.25, 0.3) is 0 Å². The first kappa shape index (κ1) is 12.5. The normalized spacial score (nSPS) is 12.1. The lowest BCUT2D eigenvalue weighted by molar-refractivity contribution is 0.0977. The molecule has 0 fully saturated rings. The molecular weight excluding hydrogens is 224 g/mol. The summed E-state index contributed by atoms with van der Waals surface area (Å²) in [6.07, 6.45) is 4.35. The van der Waals surface area contributed by atoms with Crippen LogP contribution in [0.15, 0.2) is 54.9 Å². The number of hydrogen-bond acceptors (Lipinski definition) is 3. The number of aromatic nitrogens is 1. The third-order valence-electron chi connectivity index (χ3n) is 2.89. The molecular formula is C15H16N2O. The summed E-state index contributed by atoms with van der Waals surface area (Å²) in [6.45, 7) is 0. The molecule has 3 heteroatoms. The molecule has 0 spiro atoms. The van der Waals surface area contributed by atoms with Gasteiger partial charge in [-0.15, -0.1) is 0 Å². The van der Waals surface area contributed by atoms with Crippen molar-refractivity contribution in [3.05, 3.63) is 66.0 Å². The van der Waals surface area contributed by atoms with Crippen molar-refractivity contribution in [2.45, 2.75) is 18.9 Å². The third kappa shape index (κ3) is 3.25. The fraction of sp³-hybridized carbons (Fsp3) is 0.200.